The van der Waals surface area contributed by atoms with Gasteiger partial charge in [-0.1, -0.05) is 19.4 Å². The van der Waals surface area contributed by atoms with Crippen LogP contribution in [-0.2, 0) is 6.42 Å². The molecule has 1 aliphatic rings. The highest BCUT2D eigenvalue weighted by Crippen LogP contribution is 2.17. The van der Waals surface area contributed by atoms with Gasteiger partial charge in [-0.2, -0.15) is 0 Å². The number of hydrogen-bond donors (Lipinski definition) is 1. The van der Waals surface area contributed by atoms with Crippen molar-refractivity contribution in [2.45, 2.75) is 25.8 Å². The fourth-order valence-corrected chi connectivity index (χ4v) is 2.65. The van der Waals surface area contributed by atoms with Gasteiger partial charge in [0.15, 0.2) is 0 Å². The van der Waals surface area contributed by atoms with Crippen molar-refractivity contribution >= 4 is 0 Å². The highest BCUT2D eigenvalue weighted by Gasteiger charge is 2.28. The van der Waals surface area contributed by atoms with E-state index in [2.05, 4.69) is 41.3 Å². The predicted octanol–water partition coefficient (Wildman–Crippen LogP) is 1.55. The zero-order valence-corrected chi connectivity index (χ0v) is 10.9. The summed E-state index contributed by atoms with van der Waals surface area (Å²) in [6, 6.07) is 6.84. The standard InChI is InChI=1S/C14H23N3/c1-3-12-10-15-11-14(12)17(2)9-7-13-6-4-5-8-16-13/h4-6,8,12,14-15H,3,7,9-11H2,1-2H3. The summed E-state index contributed by atoms with van der Waals surface area (Å²) in [4.78, 5) is 6.86. The van der Waals surface area contributed by atoms with E-state index in [4.69, 9.17) is 0 Å². The Morgan fingerprint density at radius 3 is 3.00 bits per heavy atom. The number of hydrogen-bond acceptors (Lipinski definition) is 3. The van der Waals surface area contributed by atoms with Gasteiger partial charge >= 0.3 is 0 Å². The topological polar surface area (TPSA) is 28.2 Å². The van der Waals surface area contributed by atoms with E-state index in [-0.39, 0.29) is 0 Å². The maximum Gasteiger partial charge on any atom is 0.0416 e. The van der Waals surface area contributed by atoms with E-state index in [1.807, 2.05) is 12.3 Å². The molecule has 1 saturated heterocycles. The van der Waals surface area contributed by atoms with Crippen molar-refractivity contribution in [3.8, 4) is 0 Å². The molecule has 0 bridgehead atoms. The fourth-order valence-electron chi connectivity index (χ4n) is 2.65. The molecule has 0 aliphatic carbocycles. The van der Waals surface area contributed by atoms with E-state index in [0.29, 0.717) is 6.04 Å². The molecular formula is C14H23N3. The van der Waals surface area contributed by atoms with Crippen LogP contribution in [0.4, 0.5) is 0 Å². The summed E-state index contributed by atoms with van der Waals surface area (Å²) in [7, 11) is 2.24. The molecule has 2 atom stereocenters. The van der Waals surface area contributed by atoms with Crippen LogP contribution in [-0.4, -0.2) is 42.6 Å². The van der Waals surface area contributed by atoms with Crippen LogP contribution in [0.2, 0.25) is 0 Å². The average molecular weight is 233 g/mol. The van der Waals surface area contributed by atoms with Crippen molar-refractivity contribution in [1.82, 2.24) is 15.2 Å². The quantitative estimate of drug-likeness (QED) is 0.836. The average Bonchev–Trinajstić information content (AvgIpc) is 2.85. The summed E-state index contributed by atoms with van der Waals surface area (Å²) in [6.45, 7) is 5.70. The van der Waals surface area contributed by atoms with Crippen molar-refractivity contribution in [2.24, 2.45) is 5.92 Å². The van der Waals surface area contributed by atoms with Gasteiger partial charge in [0.25, 0.3) is 0 Å². The smallest absolute Gasteiger partial charge is 0.0416 e. The number of nitrogens with one attached hydrogen (secondary N) is 1. The lowest BCUT2D eigenvalue weighted by molar-refractivity contribution is 0.210. The van der Waals surface area contributed by atoms with Gasteiger partial charge in [0, 0.05) is 37.4 Å². The van der Waals surface area contributed by atoms with E-state index in [1.165, 1.54) is 18.7 Å². The number of rotatable bonds is 5. The van der Waals surface area contributed by atoms with Crippen LogP contribution < -0.4 is 5.32 Å². The van der Waals surface area contributed by atoms with Crippen molar-refractivity contribution < 1.29 is 0 Å². The summed E-state index contributed by atoms with van der Waals surface area (Å²) >= 11 is 0. The second-order valence-electron chi connectivity index (χ2n) is 4.95. The molecule has 2 rings (SSSR count). The van der Waals surface area contributed by atoms with E-state index in [9.17, 15) is 0 Å². The first-order chi connectivity index (χ1) is 8.31. The molecule has 94 valence electrons. The molecule has 2 unspecified atom stereocenters. The third-order valence-electron chi connectivity index (χ3n) is 3.84. The van der Waals surface area contributed by atoms with Crippen LogP contribution in [0, 0.1) is 5.92 Å². The zero-order valence-electron chi connectivity index (χ0n) is 10.9. The summed E-state index contributed by atoms with van der Waals surface area (Å²) in [5.74, 6) is 0.809. The molecule has 17 heavy (non-hydrogen) atoms. The minimum Gasteiger partial charge on any atom is -0.315 e. The van der Waals surface area contributed by atoms with Gasteiger partial charge in [-0.25, -0.2) is 0 Å². The van der Waals surface area contributed by atoms with Crippen molar-refractivity contribution in [2.75, 3.05) is 26.7 Å². The largest absolute Gasteiger partial charge is 0.315 e. The molecule has 3 nitrogen and oxygen atoms in total. The molecular weight excluding hydrogens is 210 g/mol. The van der Waals surface area contributed by atoms with Crippen LogP contribution in [0.5, 0.6) is 0 Å². The van der Waals surface area contributed by atoms with Crippen molar-refractivity contribution in [1.29, 1.82) is 0 Å². The van der Waals surface area contributed by atoms with Crippen molar-refractivity contribution in [3.63, 3.8) is 0 Å². The number of likely N-dealkylation sites (N-methyl/N-ethyl adjacent to an activating group) is 1. The van der Waals surface area contributed by atoms with Crippen LogP contribution in [0.1, 0.15) is 19.0 Å². The van der Waals surface area contributed by atoms with Crippen LogP contribution in [0.15, 0.2) is 24.4 Å². The Bertz CT molecular complexity index is 325. The minimum atomic E-state index is 0.698. The lowest BCUT2D eigenvalue weighted by Crippen LogP contribution is -2.39. The summed E-state index contributed by atoms with van der Waals surface area (Å²) < 4.78 is 0. The monoisotopic (exact) mass is 233 g/mol. The molecule has 0 aromatic carbocycles. The Kier molecular flexibility index (Phi) is 4.51. The normalized spacial score (nSPS) is 24.4. The molecule has 1 aromatic heterocycles. The summed E-state index contributed by atoms with van der Waals surface area (Å²) in [5, 5.41) is 3.50. The molecule has 1 aliphatic heterocycles. The first kappa shape index (κ1) is 12.5. The van der Waals surface area contributed by atoms with Crippen LogP contribution in [0.3, 0.4) is 0 Å². The second kappa shape index (κ2) is 6.12. The number of pyridine rings is 1. The van der Waals surface area contributed by atoms with Gasteiger partial charge < -0.3 is 10.2 Å². The fraction of sp³-hybridized carbons (Fsp3) is 0.643. The van der Waals surface area contributed by atoms with Gasteiger partial charge in [-0.3, -0.25) is 4.98 Å². The zero-order chi connectivity index (χ0) is 12.1. The molecule has 0 spiro atoms. The Balaban J connectivity index is 1.83. The van der Waals surface area contributed by atoms with E-state index in [0.717, 1.165) is 25.4 Å². The Morgan fingerprint density at radius 2 is 2.29 bits per heavy atom. The van der Waals surface area contributed by atoms with Gasteiger partial charge in [-0.05, 0) is 31.6 Å². The first-order valence-corrected chi connectivity index (χ1v) is 6.62. The summed E-state index contributed by atoms with van der Waals surface area (Å²) in [6.07, 6.45) is 4.19. The molecule has 0 radical (unpaired) electrons. The van der Waals surface area contributed by atoms with Gasteiger partial charge in [0.2, 0.25) is 0 Å². The Hall–Kier alpha value is -0.930. The molecule has 2 heterocycles. The van der Waals surface area contributed by atoms with Crippen LogP contribution in [0.25, 0.3) is 0 Å². The molecule has 3 heteroatoms. The highest BCUT2D eigenvalue weighted by atomic mass is 15.2. The maximum atomic E-state index is 4.37. The summed E-state index contributed by atoms with van der Waals surface area (Å²) in [5.41, 5.74) is 1.19. The molecule has 0 amide bonds. The third kappa shape index (κ3) is 3.27. The second-order valence-corrected chi connectivity index (χ2v) is 4.95. The SMILES string of the molecule is CCC1CNCC1N(C)CCc1ccccn1. The lowest BCUT2D eigenvalue weighted by atomic mass is 9.99. The number of aromatic nitrogens is 1. The highest BCUT2D eigenvalue weighted by molar-refractivity contribution is 5.04. The molecule has 0 saturated carbocycles. The van der Waals surface area contributed by atoms with Gasteiger partial charge in [0.05, 0.1) is 0 Å². The minimum absolute atomic E-state index is 0.698. The van der Waals surface area contributed by atoms with Crippen molar-refractivity contribution in [3.05, 3.63) is 30.1 Å². The molecule has 1 aromatic rings. The maximum absolute atomic E-state index is 4.37. The first-order valence-electron chi connectivity index (χ1n) is 6.62. The third-order valence-corrected chi connectivity index (χ3v) is 3.84. The van der Waals surface area contributed by atoms with E-state index >= 15 is 0 Å². The Morgan fingerprint density at radius 1 is 1.41 bits per heavy atom. The molecule has 1 N–H and O–H groups in total. The lowest BCUT2D eigenvalue weighted by Gasteiger charge is -2.28. The van der Waals surface area contributed by atoms with Crippen LogP contribution >= 0.6 is 0 Å². The van der Waals surface area contributed by atoms with E-state index < -0.39 is 0 Å². The predicted molar refractivity (Wildman–Crippen MR) is 71.0 cm³/mol. The van der Waals surface area contributed by atoms with Gasteiger partial charge in [-0.15, -0.1) is 0 Å². The van der Waals surface area contributed by atoms with E-state index in [1.54, 1.807) is 0 Å². The Labute approximate surface area is 104 Å². The number of nitrogens with zero attached hydrogens (tertiary/aromatic N) is 2. The van der Waals surface area contributed by atoms with Gasteiger partial charge in [0.1, 0.15) is 0 Å². The molecule has 1 fully saturated rings.